The Morgan fingerprint density at radius 3 is 2.17 bits per heavy atom. The number of imide groups is 1. The Hall–Kier alpha value is -2.73. The molecule has 3 aromatic rings. The molecule has 0 radical (unpaired) electrons. The van der Waals surface area contributed by atoms with Gasteiger partial charge in [-0.3, -0.25) is 9.59 Å². The lowest BCUT2D eigenvalue weighted by Gasteiger charge is -2.18. The maximum Gasteiger partial charge on any atom is 0.273 e. The van der Waals surface area contributed by atoms with Crippen LogP contribution < -0.4 is 9.64 Å². The molecule has 0 N–H and O–H groups in total. The molecule has 0 aliphatic carbocycles. The molecule has 1 aliphatic rings. The molecule has 0 aromatic heterocycles. The molecular weight excluding hydrogens is 441 g/mol. The van der Waals surface area contributed by atoms with Gasteiger partial charge in [0.25, 0.3) is 11.8 Å². The highest BCUT2D eigenvalue weighted by Crippen LogP contribution is 2.44. The fraction of sp³-hybridized carbons (Fsp3) is 0.0435. The number of carbonyl (C=O) groups excluding carboxylic acids is 2. The molecule has 0 bridgehead atoms. The van der Waals surface area contributed by atoms with E-state index in [9.17, 15) is 9.59 Å². The first-order chi connectivity index (χ1) is 14.5. The molecular formula is C23H15Cl2NO3S. The van der Waals surface area contributed by atoms with Crippen LogP contribution in [0.5, 0.6) is 5.75 Å². The number of nitrogens with zero attached hydrogens (tertiary/aromatic N) is 1. The lowest BCUT2D eigenvalue weighted by Crippen LogP contribution is -2.31. The van der Waals surface area contributed by atoms with Gasteiger partial charge in [-0.25, -0.2) is 4.90 Å². The van der Waals surface area contributed by atoms with Gasteiger partial charge in [0.1, 0.15) is 5.75 Å². The van der Waals surface area contributed by atoms with E-state index in [0.29, 0.717) is 37.5 Å². The van der Waals surface area contributed by atoms with E-state index in [1.807, 2.05) is 30.3 Å². The number of thioether (sulfide) groups is 1. The van der Waals surface area contributed by atoms with Crippen LogP contribution >= 0.6 is 35.0 Å². The van der Waals surface area contributed by atoms with Gasteiger partial charge in [0.15, 0.2) is 0 Å². The summed E-state index contributed by atoms with van der Waals surface area (Å²) in [5, 5.41) is 0.936. The number of hydrogen-bond donors (Lipinski definition) is 0. The third-order valence-corrected chi connectivity index (χ3v) is 6.10. The number of benzene rings is 3. The maximum absolute atomic E-state index is 13.5. The number of ether oxygens (including phenoxy) is 1. The molecule has 0 spiro atoms. The van der Waals surface area contributed by atoms with Crippen LogP contribution in [0.4, 0.5) is 5.69 Å². The van der Waals surface area contributed by atoms with E-state index in [1.54, 1.807) is 42.5 Å². The van der Waals surface area contributed by atoms with Gasteiger partial charge >= 0.3 is 0 Å². The molecule has 2 amide bonds. The highest BCUT2D eigenvalue weighted by Gasteiger charge is 2.41. The SMILES string of the molecule is COc1ccc(Cl)cc1N1C(=O)C(Sc2ccccc2)=C(c2ccc(Cl)cc2)C1=O. The topological polar surface area (TPSA) is 46.6 Å². The lowest BCUT2D eigenvalue weighted by molar-refractivity contribution is -0.119. The number of methoxy groups -OCH3 is 1. The molecule has 7 heteroatoms. The van der Waals surface area contributed by atoms with E-state index < -0.39 is 11.8 Å². The molecule has 30 heavy (non-hydrogen) atoms. The Balaban J connectivity index is 1.86. The second kappa shape index (κ2) is 8.56. The lowest BCUT2D eigenvalue weighted by atomic mass is 10.1. The van der Waals surface area contributed by atoms with Crippen LogP contribution in [-0.4, -0.2) is 18.9 Å². The Bertz CT molecular complexity index is 1160. The predicted molar refractivity (Wildman–Crippen MR) is 121 cm³/mol. The molecule has 4 rings (SSSR count). The summed E-state index contributed by atoms with van der Waals surface area (Å²) in [4.78, 5) is 29.2. The normalized spacial score (nSPS) is 13.9. The summed E-state index contributed by atoms with van der Waals surface area (Å²) in [5.74, 6) is -0.497. The second-order valence-corrected chi connectivity index (χ2v) is 8.34. The maximum atomic E-state index is 13.5. The molecule has 0 saturated carbocycles. The molecule has 4 nitrogen and oxygen atoms in total. The fourth-order valence-electron chi connectivity index (χ4n) is 3.14. The van der Waals surface area contributed by atoms with Gasteiger partial charge < -0.3 is 4.74 Å². The first-order valence-corrected chi connectivity index (χ1v) is 10.5. The predicted octanol–water partition coefficient (Wildman–Crippen LogP) is 6.08. The Morgan fingerprint density at radius 2 is 1.50 bits per heavy atom. The molecule has 0 fully saturated rings. The zero-order valence-corrected chi connectivity index (χ0v) is 18.1. The number of rotatable bonds is 5. The van der Waals surface area contributed by atoms with Crippen molar-refractivity contribution in [3.8, 4) is 5.75 Å². The summed E-state index contributed by atoms with van der Waals surface area (Å²) in [6.07, 6.45) is 0. The smallest absolute Gasteiger partial charge is 0.273 e. The first kappa shape index (κ1) is 20.5. The largest absolute Gasteiger partial charge is 0.495 e. The number of halogens is 2. The summed E-state index contributed by atoms with van der Waals surface area (Å²) in [6.45, 7) is 0. The summed E-state index contributed by atoms with van der Waals surface area (Å²) < 4.78 is 5.37. The van der Waals surface area contributed by atoms with Gasteiger partial charge in [-0.2, -0.15) is 0 Å². The Morgan fingerprint density at radius 1 is 0.833 bits per heavy atom. The van der Waals surface area contributed by atoms with Crippen molar-refractivity contribution >= 4 is 58.0 Å². The van der Waals surface area contributed by atoms with E-state index in [-0.39, 0.29) is 0 Å². The van der Waals surface area contributed by atoms with Crippen molar-refractivity contribution in [2.45, 2.75) is 4.90 Å². The monoisotopic (exact) mass is 455 g/mol. The van der Waals surface area contributed by atoms with Crippen LogP contribution in [0.2, 0.25) is 10.0 Å². The average molecular weight is 456 g/mol. The number of hydrogen-bond acceptors (Lipinski definition) is 4. The van der Waals surface area contributed by atoms with E-state index >= 15 is 0 Å². The zero-order chi connectivity index (χ0) is 21.3. The third-order valence-electron chi connectivity index (χ3n) is 4.52. The minimum atomic E-state index is -0.443. The van der Waals surface area contributed by atoms with E-state index in [2.05, 4.69) is 0 Å². The van der Waals surface area contributed by atoms with Gasteiger partial charge in [-0.1, -0.05) is 65.3 Å². The van der Waals surface area contributed by atoms with Crippen molar-refractivity contribution < 1.29 is 14.3 Å². The van der Waals surface area contributed by atoms with Gasteiger partial charge in [0.05, 0.1) is 23.3 Å². The van der Waals surface area contributed by atoms with Crippen LogP contribution in [0.1, 0.15) is 5.56 Å². The van der Waals surface area contributed by atoms with E-state index in [0.717, 1.165) is 9.80 Å². The zero-order valence-electron chi connectivity index (χ0n) is 15.8. The molecule has 0 saturated heterocycles. The Labute approximate surface area is 188 Å². The van der Waals surface area contributed by atoms with E-state index in [1.165, 1.54) is 18.9 Å². The van der Waals surface area contributed by atoms with Crippen molar-refractivity contribution in [3.63, 3.8) is 0 Å². The molecule has 1 aliphatic heterocycles. The van der Waals surface area contributed by atoms with Crippen LogP contribution in [0.25, 0.3) is 5.57 Å². The van der Waals surface area contributed by atoms with Crippen molar-refractivity contribution in [1.82, 2.24) is 0 Å². The summed E-state index contributed by atoms with van der Waals surface area (Å²) in [6, 6.07) is 21.1. The number of carbonyl (C=O) groups is 2. The minimum absolute atomic E-state index is 0.301. The Kier molecular flexibility index (Phi) is 5.86. The van der Waals surface area contributed by atoms with Crippen molar-refractivity contribution in [2.75, 3.05) is 12.0 Å². The van der Waals surface area contributed by atoms with Crippen molar-refractivity contribution in [1.29, 1.82) is 0 Å². The fourth-order valence-corrected chi connectivity index (χ4v) is 4.45. The van der Waals surface area contributed by atoms with Gasteiger partial charge in [-0.05, 0) is 48.0 Å². The molecule has 150 valence electrons. The molecule has 3 aromatic carbocycles. The quantitative estimate of drug-likeness (QED) is 0.437. The minimum Gasteiger partial charge on any atom is -0.495 e. The summed E-state index contributed by atoms with van der Waals surface area (Å²) in [5.41, 5.74) is 1.22. The molecule has 0 unspecified atom stereocenters. The van der Waals surface area contributed by atoms with Crippen LogP contribution in [-0.2, 0) is 9.59 Å². The third kappa shape index (κ3) is 3.84. The first-order valence-electron chi connectivity index (χ1n) is 8.95. The van der Waals surface area contributed by atoms with Gasteiger partial charge in [0.2, 0.25) is 0 Å². The van der Waals surface area contributed by atoms with Crippen LogP contribution in [0, 0.1) is 0 Å². The molecule has 1 heterocycles. The van der Waals surface area contributed by atoms with Crippen LogP contribution in [0.3, 0.4) is 0 Å². The standard InChI is InChI=1S/C23H15Cl2NO3S/c1-29-19-12-11-16(25)13-18(19)26-22(27)20(14-7-9-15(24)10-8-14)21(23(26)28)30-17-5-3-2-4-6-17/h2-13H,1H3. The van der Waals surface area contributed by atoms with Crippen molar-refractivity contribution in [2.24, 2.45) is 0 Å². The molecule has 0 atom stereocenters. The van der Waals surface area contributed by atoms with Crippen LogP contribution in [0.15, 0.2) is 82.6 Å². The number of anilines is 1. The highest BCUT2D eigenvalue weighted by molar-refractivity contribution is 8.04. The summed E-state index contributed by atoms with van der Waals surface area (Å²) in [7, 11) is 1.48. The number of amides is 2. The van der Waals surface area contributed by atoms with E-state index in [4.69, 9.17) is 27.9 Å². The second-order valence-electron chi connectivity index (χ2n) is 6.39. The highest BCUT2D eigenvalue weighted by atomic mass is 35.5. The average Bonchev–Trinajstić information content (AvgIpc) is 2.99. The van der Waals surface area contributed by atoms with Crippen molar-refractivity contribution in [3.05, 3.63) is 93.3 Å². The van der Waals surface area contributed by atoms with Gasteiger partial charge in [0, 0.05) is 14.9 Å². The summed E-state index contributed by atoms with van der Waals surface area (Å²) >= 11 is 13.4. The van der Waals surface area contributed by atoms with Gasteiger partial charge in [-0.15, -0.1) is 0 Å².